The molecule has 6 heteroatoms. The molecule has 0 unspecified atom stereocenters. The molecule has 1 aromatic carbocycles. The molecule has 106 valence electrons. The lowest BCUT2D eigenvalue weighted by Gasteiger charge is -2.04. The Morgan fingerprint density at radius 3 is 2.15 bits per heavy atom. The summed E-state index contributed by atoms with van der Waals surface area (Å²) in [5, 5.41) is 0.713. The van der Waals surface area contributed by atoms with Crippen molar-refractivity contribution >= 4 is 46.8 Å². The van der Waals surface area contributed by atoms with Crippen LogP contribution in [0.25, 0.3) is 6.08 Å². The van der Waals surface area contributed by atoms with Crippen LogP contribution < -0.4 is 0 Å². The molecule has 0 aliphatic carbocycles. The summed E-state index contributed by atoms with van der Waals surface area (Å²) in [4.78, 5) is 34.7. The number of rotatable bonds is 5. The quantitative estimate of drug-likeness (QED) is 0.275. The van der Waals surface area contributed by atoms with Gasteiger partial charge in [0.1, 0.15) is 0 Å². The van der Waals surface area contributed by atoms with Gasteiger partial charge in [0.15, 0.2) is 5.78 Å². The largest absolute Gasteiger partial charge is 0.460 e. The zero-order valence-electron chi connectivity index (χ0n) is 10.9. The molecule has 0 saturated heterocycles. The number of Topliss-reactive ketones (excluding diaryl/α,β-unsaturated/α-hetero) is 2. The molecular formula is C14H12Cl2O4. The first kappa shape index (κ1) is 16.4. The molecule has 1 rings (SSSR count). The first-order valence-electron chi connectivity index (χ1n) is 5.75. The summed E-state index contributed by atoms with van der Waals surface area (Å²) in [6, 6.07) is 4.56. The fourth-order valence-electron chi connectivity index (χ4n) is 1.46. The van der Waals surface area contributed by atoms with Gasteiger partial charge in [-0.2, -0.15) is 0 Å². The van der Waals surface area contributed by atoms with E-state index in [1.54, 1.807) is 6.92 Å². The number of carbonyl (C=O) groups excluding carboxylic acids is 3. The number of halogens is 2. The third-order valence-electron chi connectivity index (χ3n) is 2.28. The molecule has 0 bridgehead atoms. The molecule has 0 N–H and O–H groups in total. The zero-order valence-corrected chi connectivity index (χ0v) is 12.4. The Morgan fingerprint density at radius 1 is 1.15 bits per heavy atom. The predicted molar refractivity (Wildman–Crippen MR) is 76.8 cm³/mol. The Balaban J connectivity index is 3.19. The summed E-state index contributed by atoms with van der Waals surface area (Å²) in [6.07, 6.45) is 1.26. The van der Waals surface area contributed by atoms with Gasteiger partial charge in [-0.25, -0.2) is 4.79 Å². The van der Waals surface area contributed by atoms with E-state index >= 15 is 0 Å². The number of ether oxygens (including phenoxy) is 1. The van der Waals surface area contributed by atoms with E-state index < -0.39 is 17.5 Å². The molecule has 0 amide bonds. The minimum Gasteiger partial charge on any atom is -0.460 e. The van der Waals surface area contributed by atoms with Gasteiger partial charge < -0.3 is 4.74 Å². The molecule has 0 heterocycles. The third kappa shape index (κ3) is 4.47. The molecule has 0 fully saturated rings. The maximum atomic E-state index is 11.8. The maximum absolute atomic E-state index is 11.8. The molecule has 0 radical (unpaired) electrons. The number of hydrogen-bond acceptors (Lipinski definition) is 4. The van der Waals surface area contributed by atoms with E-state index in [-0.39, 0.29) is 12.2 Å². The topological polar surface area (TPSA) is 60.4 Å². The first-order valence-corrected chi connectivity index (χ1v) is 6.51. The van der Waals surface area contributed by atoms with Crippen LogP contribution in [0.3, 0.4) is 0 Å². The van der Waals surface area contributed by atoms with Crippen molar-refractivity contribution in [3.8, 4) is 0 Å². The molecule has 4 nitrogen and oxygen atoms in total. The summed E-state index contributed by atoms with van der Waals surface area (Å²) in [5.41, 5.74) is 0.173. The molecule has 0 aromatic heterocycles. The highest BCUT2D eigenvalue weighted by molar-refractivity contribution is 6.48. The average molecular weight is 315 g/mol. The predicted octanol–water partition coefficient (Wildman–Crippen LogP) is 3.10. The lowest BCUT2D eigenvalue weighted by Crippen LogP contribution is -2.22. The molecule has 1 aromatic rings. The van der Waals surface area contributed by atoms with Crippen molar-refractivity contribution in [3.05, 3.63) is 39.4 Å². The normalized spacial score (nSPS) is 11.1. The first-order chi connectivity index (χ1) is 9.35. The van der Waals surface area contributed by atoms with Gasteiger partial charge in [-0.05, 0) is 43.7 Å². The summed E-state index contributed by atoms with van der Waals surface area (Å²) in [5.74, 6) is -2.60. The highest BCUT2D eigenvalue weighted by atomic mass is 35.5. The van der Waals surface area contributed by atoms with E-state index in [0.29, 0.717) is 15.6 Å². The van der Waals surface area contributed by atoms with Gasteiger partial charge in [0, 0.05) is 10.0 Å². The number of ketones is 2. The molecule has 0 aliphatic rings. The fraction of sp³-hybridized carbons (Fsp3) is 0.214. The molecule has 0 spiro atoms. The third-order valence-corrected chi connectivity index (χ3v) is 2.72. The van der Waals surface area contributed by atoms with Gasteiger partial charge in [-0.15, -0.1) is 0 Å². The van der Waals surface area contributed by atoms with Crippen molar-refractivity contribution in [3.63, 3.8) is 0 Å². The minimum absolute atomic E-state index is 0.0543. The number of benzene rings is 1. The smallest absolute Gasteiger partial charge is 0.379 e. The Kier molecular flexibility index (Phi) is 5.92. The second-order valence-electron chi connectivity index (χ2n) is 3.87. The fourth-order valence-corrected chi connectivity index (χ4v) is 2.00. The summed E-state index contributed by atoms with van der Waals surface area (Å²) < 4.78 is 4.59. The van der Waals surface area contributed by atoms with Gasteiger partial charge in [0.2, 0.25) is 0 Å². The van der Waals surface area contributed by atoms with Gasteiger partial charge in [-0.1, -0.05) is 23.2 Å². The van der Waals surface area contributed by atoms with Gasteiger partial charge in [0.05, 0.1) is 12.2 Å². The Hall–Kier alpha value is -1.65. The van der Waals surface area contributed by atoms with E-state index in [4.69, 9.17) is 23.2 Å². The summed E-state index contributed by atoms with van der Waals surface area (Å²) in [7, 11) is 0. The second-order valence-corrected chi connectivity index (χ2v) is 4.74. The van der Waals surface area contributed by atoms with Crippen molar-refractivity contribution in [2.24, 2.45) is 0 Å². The zero-order chi connectivity index (χ0) is 15.3. The Labute approximate surface area is 126 Å². The average Bonchev–Trinajstić information content (AvgIpc) is 2.34. The number of hydrogen-bond donors (Lipinski definition) is 0. The lowest BCUT2D eigenvalue weighted by molar-refractivity contribution is -0.152. The van der Waals surface area contributed by atoms with Crippen LogP contribution in [-0.2, 0) is 19.1 Å². The van der Waals surface area contributed by atoms with Crippen LogP contribution in [0.15, 0.2) is 23.8 Å². The molecule has 0 saturated carbocycles. The molecular weight excluding hydrogens is 303 g/mol. The molecule has 0 atom stereocenters. The Morgan fingerprint density at radius 2 is 1.70 bits per heavy atom. The van der Waals surface area contributed by atoms with Gasteiger partial charge in [-0.3, -0.25) is 9.59 Å². The Bertz CT molecular complexity index is 571. The van der Waals surface area contributed by atoms with Crippen LogP contribution in [-0.4, -0.2) is 24.1 Å². The highest BCUT2D eigenvalue weighted by Gasteiger charge is 2.23. The van der Waals surface area contributed by atoms with Crippen molar-refractivity contribution in [1.29, 1.82) is 0 Å². The van der Waals surface area contributed by atoms with E-state index in [9.17, 15) is 14.4 Å². The van der Waals surface area contributed by atoms with E-state index in [1.165, 1.54) is 31.2 Å². The van der Waals surface area contributed by atoms with Crippen LogP contribution in [0.4, 0.5) is 0 Å². The van der Waals surface area contributed by atoms with E-state index in [2.05, 4.69) is 4.74 Å². The van der Waals surface area contributed by atoms with Crippen LogP contribution >= 0.6 is 23.2 Å². The lowest BCUT2D eigenvalue weighted by atomic mass is 10.0. The van der Waals surface area contributed by atoms with Crippen molar-refractivity contribution in [1.82, 2.24) is 0 Å². The highest BCUT2D eigenvalue weighted by Crippen LogP contribution is 2.21. The summed E-state index contributed by atoms with van der Waals surface area (Å²) in [6.45, 7) is 2.81. The van der Waals surface area contributed by atoms with Crippen LogP contribution in [0.5, 0.6) is 0 Å². The van der Waals surface area contributed by atoms with Crippen molar-refractivity contribution in [2.45, 2.75) is 13.8 Å². The maximum Gasteiger partial charge on any atom is 0.379 e. The van der Waals surface area contributed by atoms with Crippen molar-refractivity contribution < 1.29 is 19.1 Å². The minimum atomic E-state index is -1.07. The van der Waals surface area contributed by atoms with Gasteiger partial charge >= 0.3 is 5.97 Å². The van der Waals surface area contributed by atoms with Crippen LogP contribution in [0, 0.1) is 0 Å². The summed E-state index contributed by atoms with van der Waals surface area (Å²) >= 11 is 11.7. The van der Waals surface area contributed by atoms with Crippen LogP contribution in [0.1, 0.15) is 19.4 Å². The van der Waals surface area contributed by atoms with E-state index in [0.717, 1.165) is 0 Å². The SMILES string of the molecule is CCOC(=O)C(=O)/C(=C/c1cc(Cl)cc(Cl)c1)C(C)=O. The standard InChI is InChI=1S/C14H12Cl2O4/c1-3-20-14(19)13(18)12(8(2)17)6-9-4-10(15)7-11(16)5-9/h4-7H,3H2,1-2H3/b12-6+. The van der Waals surface area contributed by atoms with Gasteiger partial charge in [0.25, 0.3) is 5.78 Å². The monoisotopic (exact) mass is 314 g/mol. The van der Waals surface area contributed by atoms with Crippen molar-refractivity contribution in [2.75, 3.05) is 6.61 Å². The van der Waals surface area contributed by atoms with Crippen LogP contribution in [0.2, 0.25) is 10.0 Å². The second kappa shape index (κ2) is 7.22. The van der Waals surface area contributed by atoms with E-state index in [1.807, 2.05) is 0 Å². The molecule has 20 heavy (non-hydrogen) atoms. The number of carbonyl (C=O) groups is 3. The number of esters is 1. The molecule has 0 aliphatic heterocycles.